The number of anilines is 1. The number of carbonyl (C=O) groups excluding carboxylic acids is 1. The van der Waals surface area contributed by atoms with Crippen LogP contribution >= 0.6 is 0 Å². The van der Waals surface area contributed by atoms with E-state index in [4.69, 9.17) is 0 Å². The monoisotopic (exact) mass is 248 g/mol. The lowest BCUT2D eigenvalue weighted by molar-refractivity contribution is -0.124. The highest BCUT2D eigenvalue weighted by atomic mass is 16.3. The van der Waals surface area contributed by atoms with E-state index in [9.17, 15) is 9.90 Å². The van der Waals surface area contributed by atoms with Crippen molar-refractivity contribution in [1.82, 2.24) is 5.32 Å². The molecule has 18 heavy (non-hydrogen) atoms. The summed E-state index contributed by atoms with van der Waals surface area (Å²) in [6, 6.07) is 7.31. The molecule has 1 aromatic rings. The number of aliphatic hydroxyl groups excluding tert-OH is 1. The molecule has 1 aliphatic heterocycles. The topological polar surface area (TPSA) is 52.6 Å². The van der Waals surface area contributed by atoms with Crippen LogP contribution < -0.4 is 10.2 Å². The van der Waals surface area contributed by atoms with E-state index in [1.54, 1.807) is 0 Å². The Bertz CT molecular complexity index is 445. The molecule has 0 saturated heterocycles. The zero-order valence-corrected chi connectivity index (χ0v) is 11.1. The van der Waals surface area contributed by atoms with Gasteiger partial charge in [0.05, 0.1) is 12.6 Å². The third kappa shape index (κ3) is 2.08. The number of para-hydroxylation sites is 1. The van der Waals surface area contributed by atoms with E-state index in [0.29, 0.717) is 0 Å². The summed E-state index contributed by atoms with van der Waals surface area (Å²) in [7, 11) is 1.93. The molecule has 4 nitrogen and oxygen atoms in total. The van der Waals surface area contributed by atoms with Crippen molar-refractivity contribution in [3.63, 3.8) is 0 Å². The molecule has 0 radical (unpaired) electrons. The summed E-state index contributed by atoms with van der Waals surface area (Å²) in [4.78, 5) is 14.2. The summed E-state index contributed by atoms with van der Waals surface area (Å²) < 4.78 is 0. The highest BCUT2D eigenvalue weighted by Gasteiger charge is 2.33. The molecule has 0 saturated carbocycles. The van der Waals surface area contributed by atoms with E-state index in [2.05, 4.69) is 5.32 Å². The molecule has 1 amide bonds. The van der Waals surface area contributed by atoms with Crippen LogP contribution in [0.5, 0.6) is 0 Å². The summed E-state index contributed by atoms with van der Waals surface area (Å²) in [5, 5.41) is 12.4. The maximum Gasteiger partial charge on any atom is 0.243 e. The lowest BCUT2D eigenvalue weighted by atomic mass is 10.0. The Balaban J connectivity index is 2.51. The summed E-state index contributed by atoms with van der Waals surface area (Å²) in [6.07, 6.45) is 0. The summed E-state index contributed by atoms with van der Waals surface area (Å²) in [6.45, 7) is 3.98. The lowest BCUT2D eigenvalue weighted by Gasteiger charge is -2.30. The number of nitrogens with one attached hydrogen (secondary N) is 1. The van der Waals surface area contributed by atoms with Crippen LogP contribution in [0.25, 0.3) is 0 Å². The Morgan fingerprint density at radius 1 is 1.39 bits per heavy atom. The number of fused-ring (bicyclic) bond motifs is 1. The number of rotatable bonds is 2. The van der Waals surface area contributed by atoms with E-state index in [1.165, 1.54) is 0 Å². The van der Waals surface area contributed by atoms with Crippen LogP contribution in [0.15, 0.2) is 24.3 Å². The van der Waals surface area contributed by atoms with Crippen molar-refractivity contribution in [2.75, 3.05) is 18.6 Å². The third-order valence-corrected chi connectivity index (χ3v) is 3.51. The second kappa shape index (κ2) is 4.98. The maximum atomic E-state index is 12.2. The first-order valence-corrected chi connectivity index (χ1v) is 6.29. The molecule has 1 aromatic carbocycles. The molecule has 2 N–H and O–H groups in total. The number of likely N-dealkylation sites (N-methyl/N-ethyl adjacent to an activating group) is 1. The molecule has 4 heteroatoms. The minimum atomic E-state index is -0.320. The van der Waals surface area contributed by atoms with Gasteiger partial charge in [0.25, 0.3) is 0 Å². The predicted molar refractivity (Wildman–Crippen MR) is 71.4 cm³/mol. The number of nitrogens with zero attached hydrogens (tertiary/aromatic N) is 1. The Kier molecular flexibility index (Phi) is 3.57. The Morgan fingerprint density at radius 2 is 2.06 bits per heavy atom. The van der Waals surface area contributed by atoms with E-state index < -0.39 is 0 Å². The van der Waals surface area contributed by atoms with E-state index in [1.807, 2.05) is 50.1 Å². The van der Waals surface area contributed by atoms with E-state index >= 15 is 0 Å². The van der Waals surface area contributed by atoms with Crippen molar-refractivity contribution in [3.8, 4) is 0 Å². The first kappa shape index (κ1) is 12.9. The largest absolute Gasteiger partial charge is 0.394 e. The number of carbonyl (C=O) groups is 1. The molecular formula is C14H20N2O2. The highest BCUT2D eigenvalue weighted by molar-refractivity contribution is 5.87. The number of hydrogen-bond donors (Lipinski definition) is 2. The fourth-order valence-electron chi connectivity index (χ4n) is 2.66. The number of benzene rings is 1. The average molecular weight is 248 g/mol. The van der Waals surface area contributed by atoms with Gasteiger partial charge in [-0.1, -0.05) is 32.0 Å². The maximum absolute atomic E-state index is 12.2. The zero-order chi connectivity index (χ0) is 13.3. The van der Waals surface area contributed by atoms with Crippen molar-refractivity contribution < 1.29 is 9.90 Å². The van der Waals surface area contributed by atoms with Gasteiger partial charge in [0, 0.05) is 18.3 Å². The molecule has 2 rings (SSSR count). The second-order valence-electron chi connectivity index (χ2n) is 5.10. The summed E-state index contributed by atoms with van der Waals surface area (Å²) in [5.74, 6) is 0.184. The predicted octanol–water partition coefficient (Wildman–Crippen LogP) is 1.31. The van der Waals surface area contributed by atoms with Crippen LogP contribution in [0, 0.1) is 5.92 Å². The van der Waals surface area contributed by atoms with E-state index in [0.717, 1.165) is 11.3 Å². The average Bonchev–Trinajstić information content (AvgIpc) is 2.45. The first-order valence-electron chi connectivity index (χ1n) is 6.29. The van der Waals surface area contributed by atoms with Crippen molar-refractivity contribution in [3.05, 3.63) is 29.8 Å². The Labute approximate surface area is 108 Å². The SMILES string of the molecule is CC(C)[C@H]1C(=O)N[C@H](CO)c2ccccc2N1C. The second-order valence-corrected chi connectivity index (χ2v) is 5.10. The molecule has 1 aliphatic rings. The van der Waals surface area contributed by atoms with Gasteiger partial charge in [0.1, 0.15) is 6.04 Å². The minimum absolute atomic E-state index is 0.0252. The van der Waals surface area contributed by atoms with E-state index in [-0.39, 0.29) is 30.5 Å². The van der Waals surface area contributed by atoms with Crippen LogP contribution in [-0.4, -0.2) is 30.7 Å². The Morgan fingerprint density at radius 3 is 2.67 bits per heavy atom. The first-order chi connectivity index (χ1) is 8.56. The van der Waals surface area contributed by atoms with Gasteiger partial charge in [-0.3, -0.25) is 4.79 Å². The van der Waals surface area contributed by atoms with Crippen molar-refractivity contribution in [2.24, 2.45) is 5.92 Å². The van der Waals surface area contributed by atoms with Crippen LogP contribution in [-0.2, 0) is 4.79 Å². The zero-order valence-electron chi connectivity index (χ0n) is 11.1. The van der Waals surface area contributed by atoms with Gasteiger partial charge in [-0.25, -0.2) is 0 Å². The van der Waals surface area contributed by atoms with Crippen molar-refractivity contribution >= 4 is 11.6 Å². The summed E-state index contributed by atoms with van der Waals surface area (Å²) in [5.41, 5.74) is 1.98. The molecule has 0 fully saturated rings. The molecule has 0 spiro atoms. The Hall–Kier alpha value is -1.55. The van der Waals surface area contributed by atoms with Crippen molar-refractivity contribution in [1.29, 1.82) is 0 Å². The lowest BCUT2D eigenvalue weighted by Crippen LogP contribution is -2.47. The molecule has 0 aliphatic carbocycles. The van der Waals surface area contributed by atoms with Gasteiger partial charge >= 0.3 is 0 Å². The molecule has 2 atom stereocenters. The van der Waals surface area contributed by atoms with Crippen LogP contribution in [0.1, 0.15) is 25.5 Å². The fraction of sp³-hybridized carbons (Fsp3) is 0.500. The van der Waals surface area contributed by atoms with Gasteiger partial charge < -0.3 is 15.3 Å². The molecule has 0 unspecified atom stereocenters. The quantitative estimate of drug-likeness (QED) is 0.829. The third-order valence-electron chi connectivity index (χ3n) is 3.51. The number of hydrogen-bond acceptors (Lipinski definition) is 3. The van der Waals surface area contributed by atoms with Gasteiger partial charge in [-0.2, -0.15) is 0 Å². The number of aliphatic hydroxyl groups is 1. The van der Waals surface area contributed by atoms with Crippen LogP contribution in [0.3, 0.4) is 0 Å². The van der Waals surface area contributed by atoms with Gasteiger partial charge in [0.15, 0.2) is 0 Å². The molecule has 1 heterocycles. The molecular weight excluding hydrogens is 228 g/mol. The normalized spacial score (nSPS) is 23.6. The highest BCUT2D eigenvalue weighted by Crippen LogP contribution is 2.31. The minimum Gasteiger partial charge on any atom is -0.394 e. The van der Waals surface area contributed by atoms with Gasteiger partial charge in [-0.05, 0) is 12.0 Å². The van der Waals surface area contributed by atoms with Crippen LogP contribution in [0.2, 0.25) is 0 Å². The smallest absolute Gasteiger partial charge is 0.243 e. The molecule has 0 bridgehead atoms. The molecule has 0 aromatic heterocycles. The van der Waals surface area contributed by atoms with Crippen molar-refractivity contribution in [2.45, 2.75) is 25.9 Å². The van der Waals surface area contributed by atoms with Gasteiger partial charge in [-0.15, -0.1) is 0 Å². The fourth-order valence-corrected chi connectivity index (χ4v) is 2.66. The van der Waals surface area contributed by atoms with Gasteiger partial charge in [0.2, 0.25) is 5.91 Å². The van der Waals surface area contributed by atoms with Crippen LogP contribution in [0.4, 0.5) is 5.69 Å². The number of amides is 1. The summed E-state index contributed by atoms with van der Waals surface area (Å²) >= 11 is 0. The standard InChI is InChI=1S/C14H20N2O2/c1-9(2)13-14(18)15-11(8-17)10-6-4-5-7-12(10)16(13)3/h4-7,9,11,13,17H,8H2,1-3H3,(H,15,18)/t11-,13+/m1/s1. The molecule has 98 valence electrons.